The van der Waals surface area contributed by atoms with Crippen molar-refractivity contribution < 1.29 is 9.18 Å². The summed E-state index contributed by atoms with van der Waals surface area (Å²) in [5.41, 5.74) is 6.34. The number of rotatable bonds is 2. The maximum absolute atomic E-state index is 13.1. The second-order valence-corrected chi connectivity index (χ2v) is 3.98. The van der Waals surface area contributed by atoms with Crippen LogP contribution in [0.4, 0.5) is 15.8 Å². The Morgan fingerprint density at radius 1 is 1.38 bits per heavy atom. The van der Waals surface area contributed by atoms with E-state index in [4.69, 9.17) is 5.73 Å². The van der Waals surface area contributed by atoms with Crippen LogP contribution in [0.3, 0.4) is 0 Å². The van der Waals surface area contributed by atoms with Crippen molar-refractivity contribution in [3.05, 3.63) is 46.4 Å². The SMILES string of the molecule is Nc1ccc(NC(=O)c2ccsc2)cc1F. The molecule has 0 aliphatic carbocycles. The minimum atomic E-state index is -0.539. The van der Waals surface area contributed by atoms with Crippen LogP contribution in [0.2, 0.25) is 0 Å². The van der Waals surface area contributed by atoms with Gasteiger partial charge in [-0.2, -0.15) is 11.3 Å². The molecule has 0 saturated heterocycles. The van der Waals surface area contributed by atoms with Gasteiger partial charge in [0.15, 0.2) is 0 Å². The highest BCUT2D eigenvalue weighted by atomic mass is 32.1. The van der Waals surface area contributed by atoms with Gasteiger partial charge in [0.25, 0.3) is 5.91 Å². The molecule has 0 atom stereocenters. The first-order valence-corrected chi connectivity index (χ1v) is 5.49. The molecular formula is C11H9FN2OS. The third kappa shape index (κ3) is 2.20. The van der Waals surface area contributed by atoms with Crippen molar-refractivity contribution in [2.24, 2.45) is 0 Å². The highest BCUT2D eigenvalue weighted by molar-refractivity contribution is 7.08. The minimum absolute atomic E-state index is 0.0635. The van der Waals surface area contributed by atoms with E-state index in [0.29, 0.717) is 11.3 Å². The number of hydrogen-bond donors (Lipinski definition) is 2. The summed E-state index contributed by atoms with van der Waals surface area (Å²) in [6, 6.07) is 5.87. The third-order valence-electron chi connectivity index (χ3n) is 2.04. The van der Waals surface area contributed by atoms with Gasteiger partial charge in [-0.25, -0.2) is 4.39 Å². The van der Waals surface area contributed by atoms with Crippen LogP contribution >= 0.6 is 11.3 Å². The number of nitrogens with two attached hydrogens (primary N) is 1. The summed E-state index contributed by atoms with van der Waals surface area (Å²) in [6.07, 6.45) is 0. The molecule has 2 aromatic rings. The standard InChI is InChI=1S/C11H9FN2OS/c12-9-5-8(1-2-10(9)13)14-11(15)7-3-4-16-6-7/h1-6H,13H2,(H,14,15). The molecule has 0 saturated carbocycles. The van der Waals surface area contributed by atoms with E-state index in [2.05, 4.69) is 5.32 Å². The van der Waals surface area contributed by atoms with Crippen LogP contribution in [0.15, 0.2) is 35.0 Å². The molecule has 0 bridgehead atoms. The molecule has 3 N–H and O–H groups in total. The van der Waals surface area contributed by atoms with E-state index >= 15 is 0 Å². The highest BCUT2D eigenvalue weighted by Gasteiger charge is 2.07. The zero-order valence-electron chi connectivity index (χ0n) is 8.24. The van der Waals surface area contributed by atoms with Crippen LogP contribution < -0.4 is 11.1 Å². The molecule has 2 rings (SSSR count). The number of nitrogens with one attached hydrogen (secondary N) is 1. The first kappa shape index (κ1) is 10.6. The van der Waals surface area contributed by atoms with Crippen molar-refractivity contribution in [3.63, 3.8) is 0 Å². The van der Waals surface area contributed by atoms with E-state index in [9.17, 15) is 9.18 Å². The number of carbonyl (C=O) groups excluding carboxylic acids is 1. The Morgan fingerprint density at radius 3 is 2.81 bits per heavy atom. The maximum Gasteiger partial charge on any atom is 0.256 e. The average molecular weight is 236 g/mol. The number of hydrogen-bond acceptors (Lipinski definition) is 3. The van der Waals surface area contributed by atoms with Crippen LogP contribution in [0.25, 0.3) is 0 Å². The molecule has 5 heteroatoms. The summed E-state index contributed by atoms with van der Waals surface area (Å²) in [4.78, 5) is 11.6. The quantitative estimate of drug-likeness (QED) is 0.788. The lowest BCUT2D eigenvalue weighted by atomic mass is 10.2. The second-order valence-electron chi connectivity index (χ2n) is 3.20. The number of anilines is 2. The van der Waals surface area contributed by atoms with Crippen molar-refractivity contribution in [1.29, 1.82) is 0 Å². The first-order chi connectivity index (χ1) is 7.66. The highest BCUT2D eigenvalue weighted by Crippen LogP contribution is 2.17. The fourth-order valence-electron chi connectivity index (χ4n) is 1.20. The molecule has 0 radical (unpaired) electrons. The molecule has 0 spiro atoms. The third-order valence-corrected chi connectivity index (χ3v) is 2.72. The van der Waals surface area contributed by atoms with Crippen molar-refractivity contribution in [2.75, 3.05) is 11.1 Å². The molecule has 0 unspecified atom stereocenters. The van der Waals surface area contributed by atoms with Gasteiger partial charge in [0.2, 0.25) is 0 Å². The van der Waals surface area contributed by atoms with Gasteiger partial charge in [0, 0.05) is 11.1 Å². The topological polar surface area (TPSA) is 55.1 Å². The fraction of sp³-hybridized carbons (Fsp3) is 0. The molecule has 1 amide bonds. The zero-order valence-corrected chi connectivity index (χ0v) is 9.05. The summed E-state index contributed by atoms with van der Waals surface area (Å²) < 4.78 is 13.1. The lowest BCUT2D eigenvalue weighted by Crippen LogP contribution is -2.11. The molecule has 0 fully saturated rings. The summed E-state index contributed by atoms with van der Waals surface area (Å²) in [6.45, 7) is 0. The number of nitrogen functional groups attached to an aromatic ring is 1. The van der Waals surface area contributed by atoms with E-state index in [1.807, 2.05) is 0 Å². The molecule has 1 aromatic carbocycles. The summed E-state index contributed by atoms with van der Waals surface area (Å²) in [5.74, 6) is -0.798. The van der Waals surface area contributed by atoms with Crippen LogP contribution in [-0.4, -0.2) is 5.91 Å². The van der Waals surface area contributed by atoms with Gasteiger partial charge in [0.05, 0.1) is 11.3 Å². The van der Waals surface area contributed by atoms with Gasteiger partial charge in [-0.1, -0.05) is 0 Å². The monoisotopic (exact) mass is 236 g/mol. The number of benzene rings is 1. The fourth-order valence-corrected chi connectivity index (χ4v) is 1.84. The maximum atomic E-state index is 13.1. The Kier molecular flexibility index (Phi) is 2.87. The number of amides is 1. The lowest BCUT2D eigenvalue weighted by Gasteiger charge is -2.04. The molecule has 1 aromatic heterocycles. The number of halogens is 1. The van der Waals surface area contributed by atoms with Gasteiger partial charge in [-0.15, -0.1) is 0 Å². The molecule has 82 valence electrons. The van der Waals surface area contributed by atoms with Crippen LogP contribution in [0, 0.1) is 5.82 Å². The average Bonchev–Trinajstić information content (AvgIpc) is 2.77. The first-order valence-electron chi connectivity index (χ1n) is 4.55. The van der Waals surface area contributed by atoms with Crippen molar-refractivity contribution in [2.45, 2.75) is 0 Å². The van der Waals surface area contributed by atoms with E-state index < -0.39 is 5.82 Å². The molecule has 1 heterocycles. The Hall–Kier alpha value is -1.88. The summed E-state index contributed by atoms with van der Waals surface area (Å²) in [5, 5.41) is 6.11. The van der Waals surface area contributed by atoms with E-state index in [1.54, 1.807) is 22.9 Å². The smallest absolute Gasteiger partial charge is 0.256 e. The Labute approximate surface area is 95.7 Å². The van der Waals surface area contributed by atoms with E-state index in [1.165, 1.54) is 23.5 Å². The molecule has 0 aliphatic rings. The molecule has 3 nitrogen and oxygen atoms in total. The number of thiophene rings is 1. The predicted molar refractivity (Wildman–Crippen MR) is 63.1 cm³/mol. The Bertz CT molecular complexity index is 511. The van der Waals surface area contributed by atoms with Gasteiger partial charge in [0.1, 0.15) is 5.82 Å². The van der Waals surface area contributed by atoms with Crippen molar-refractivity contribution >= 4 is 28.6 Å². The van der Waals surface area contributed by atoms with E-state index in [-0.39, 0.29) is 11.6 Å². The molecule has 16 heavy (non-hydrogen) atoms. The predicted octanol–water partition coefficient (Wildman–Crippen LogP) is 2.72. The molecular weight excluding hydrogens is 227 g/mol. The van der Waals surface area contributed by atoms with Crippen LogP contribution in [0.5, 0.6) is 0 Å². The van der Waals surface area contributed by atoms with Gasteiger partial charge in [-0.05, 0) is 29.6 Å². The normalized spacial score (nSPS) is 10.1. The van der Waals surface area contributed by atoms with E-state index in [0.717, 1.165) is 0 Å². The van der Waals surface area contributed by atoms with Crippen LogP contribution in [0.1, 0.15) is 10.4 Å². The van der Waals surface area contributed by atoms with Gasteiger partial charge >= 0.3 is 0 Å². The zero-order chi connectivity index (χ0) is 11.5. The van der Waals surface area contributed by atoms with Crippen molar-refractivity contribution in [1.82, 2.24) is 0 Å². The second kappa shape index (κ2) is 4.32. The molecule has 0 aliphatic heterocycles. The summed E-state index contributed by atoms with van der Waals surface area (Å²) in [7, 11) is 0. The summed E-state index contributed by atoms with van der Waals surface area (Å²) >= 11 is 1.43. The Morgan fingerprint density at radius 2 is 2.19 bits per heavy atom. The van der Waals surface area contributed by atoms with Gasteiger partial charge < -0.3 is 11.1 Å². The Balaban J connectivity index is 2.15. The lowest BCUT2D eigenvalue weighted by molar-refractivity contribution is 0.102. The largest absolute Gasteiger partial charge is 0.396 e. The van der Waals surface area contributed by atoms with Crippen LogP contribution in [-0.2, 0) is 0 Å². The number of carbonyl (C=O) groups is 1. The van der Waals surface area contributed by atoms with Gasteiger partial charge in [-0.3, -0.25) is 4.79 Å². The van der Waals surface area contributed by atoms with Crippen molar-refractivity contribution in [3.8, 4) is 0 Å². The minimum Gasteiger partial charge on any atom is -0.396 e.